The van der Waals surface area contributed by atoms with E-state index in [0.717, 1.165) is 21.6 Å². The maximum absolute atomic E-state index is 10.6. The highest BCUT2D eigenvalue weighted by molar-refractivity contribution is 8.01. The highest BCUT2D eigenvalue weighted by Crippen LogP contribution is 2.33. The fourth-order valence-electron chi connectivity index (χ4n) is 1.31. The zero-order valence-corrected chi connectivity index (χ0v) is 11.9. The fraction of sp³-hybridized carbons (Fsp3) is 0.300. The molecule has 0 aliphatic rings. The highest BCUT2D eigenvalue weighted by atomic mass is 32.2. The summed E-state index contributed by atoms with van der Waals surface area (Å²) in [5.74, 6) is 0. The van der Waals surface area contributed by atoms with Crippen molar-refractivity contribution in [2.45, 2.75) is 23.2 Å². The highest BCUT2D eigenvalue weighted by Gasteiger charge is 2.12. The molecule has 0 aromatic carbocycles. The maximum atomic E-state index is 10.6. The molecule has 9 heteroatoms. The van der Waals surface area contributed by atoms with Crippen molar-refractivity contribution in [1.29, 1.82) is 0 Å². The normalized spacial score (nSPS) is 10.4. The lowest BCUT2D eigenvalue weighted by Crippen LogP contribution is -1.94. The summed E-state index contributed by atoms with van der Waals surface area (Å²) in [7, 11) is 0. The average molecular weight is 297 g/mol. The number of pyridine rings is 1. The molecule has 1 N–H and O–H groups in total. The van der Waals surface area contributed by atoms with Crippen molar-refractivity contribution in [2.24, 2.45) is 0 Å². The minimum atomic E-state index is -0.456. The Labute approximate surface area is 117 Å². The number of anilines is 1. The molecule has 2 heterocycles. The summed E-state index contributed by atoms with van der Waals surface area (Å²) in [6.07, 6.45) is 1.25. The van der Waals surface area contributed by atoms with Crippen LogP contribution in [-0.4, -0.2) is 26.6 Å². The fourth-order valence-corrected chi connectivity index (χ4v) is 3.07. The van der Waals surface area contributed by atoms with Gasteiger partial charge < -0.3 is 5.32 Å². The van der Waals surface area contributed by atoms with Crippen LogP contribution in [0.15, 0.2) is 21.6 Å². The second-order valence-corrected chi connectivity index (χ2v) is 5.79. The van der Waals surface area contributed by atoms with Gasteiger partial charge in [-0.05, 0) is 31.2 Å². The Hall–Kier alpha value is -1.74. The van der Waals surface area contributed by atoms with Gasteiger partial charge >= 0.3 is 0 Å². The third kappa shape index (κ3) is 3.38. The van der Waals surface area contributed by atoms with Gasteiger partial charge in [0.1, 0.15) is 11.2 Å². The molecule has 7 nitrogen and oxygen atoms in total. The first-order valence-corrected chi connectivity index (χ1v) is 7.09. The van der Waals surface area contributed by atoms with Gasteiger partial charge in [0.15, 0.2) is 4.34 Å². The Morgan fingerprint density at radius 2 is 2.32 bits per heavy atom. The SMILES string of the molecule is CCNc1nnc(Sc2ncc([N+](=O)[O-])cc2C)s1. The zero-order chi connectivity index (χ0) is 13.8. The predicted octanol–water partition coefficient (Wildman–Crippen LogP) is 2.73. The van der Waals surface area contributed by atoms with Gasteiger partial charge in [0, 0.05) is 12.6 Å². The third-order valence-corrected chi connectivity index (χ3v) is 4.20. The van der Waals surface area contributed by atoms with E-state index >= 15 is 0 Å². The molecule has 0 saturated heterocycles. The van der Waals surface area contributed by atoms with Crippen LogP contribution in [0.3, 0.4) is 0 Å². The van der Waals surface area contributed by atoms with Crippen LogP contribution in [-0.2, 0) is 0 Å². The van der Waals surface area contributed by atoms with E-state index in [1.165, 1.54) is 35.4 Å². The van der Waals surface area contributed by atoms with Gasteiger partial charge in [0.2, 0.25) is 5.13 Å². The minimum absolute atomic E-state index is 0.00699. The predicted molar refractivity (Wildman–Crippen MR) is 73.8 cm³/mol. The third-order valence-electron chi connectivity index (χ3n) is 2.15. The van der Waals surface area contributed by atoms with E-state index in [2.05, 4.69) is 20.5 Å². The molecule has 0 aliphatic carbocycles. The van der Waals surface area contributed by atoms with Gasteiger partial charge in [-0.2, -0.15) is 0 Å². The Morgan fingerprint density at radius 1 is 1.53 bits per heavy atom. The van der Waals surface area contributed by atoms with Gasteiger partial charge in [-0.15, -0.1) is 10.2 Å². The summed E-state index contributed by atoms with van der Waals surface area (Å²) in [5.41, 5.74) is 0.742. The van der Waals surface area contributed by atoms with Crippen molar-refractivity contribution in [2.75, 3.05) is 11.9 Å². The Kier molecular flexibility index (Phi) is 4.27. The molecule has 0 radical (unpaired) electrons. The van der Waals surface area contributed by atoms with Crippen molar-refractivity contribution < 1.29 is 4.92 Å². The number of aromatic nitrogens is 3. The van der Waals surface area contributed by atoms with E-state index in [9.17, 15) is 10.1 Å². The summed E-state index contributed by atoms with van der Waals surface area (Å²) >= 11 is 2.78. The minimum Gasteiger partial charge on any atom is -0.360 e. The summed E-state index contributed by atoms with van der Waals surface area (Å²) in [4.78, 5) is 14.3. The largest absolute Gasteiger partial charge is 0.360 e. The molecule has 0 fully saturated rings. The second-order valence-electron chi connectivity index (χ2n) is 3.58. The summed E-state index contributed by atoms with van der Waals surface area (Å²) in [6, 6.07) is 1.50. The van der Waals surface area contributed by atoms with Crippen molar-refractivity contribution >= 4 is 33.9 Å². The van der Waals surface area contributed by atoms with Crippen LogP contribution in [0.5, 0.6) is 0 Å². The molecule has 100 valence electrons. The molecule has 0 amide bonds. The lowest BCUT2D eigenvalue weighted by Gasteiger charge is -2.00. The lowest BCUT2D eigenvalue weighted by atomic mass is 10.3. The first-order valence-electron chi connectivity index (χ1n) is 5.46. The van der Waals surface area contributed by atoms with Gasteiger partial charge in [0.25, 0.3) is 5.69 Å². The number of nitro groups is 1. The van der Waals surface area contributed by atoms with Gasteiger partial charge in [-0.3, -0.25) is 10.1 Å². The number of hydrogen-bond donors (Lipinski definition) is 1. The molecule has 2 aromatic heterocycles. The molecule has 0 spiro atoms. The molecule has 0 saturated carbocycles. The molecule has 19 heavy (non-hydrogen) atoms. The topological polar surface area (TPSA) is 93.8 Å². The van der Waals surface area contributed by atoms with Crippen molar-refractivity contribution in [3.05, 3.63) is 27.9 Å². The molecule has 0 aliphatic heterocycles. The van der Waals surface area contributed by atoms with Crippen molar-refractivity contribution in [3.63, 3.8) is 0 Å². The first kappa shape index (κ1) is 13.7. The summed E-state index contributed by atoms with van der Waals surface area (Å²) in [6.45, 7) is 4.55. The number of aryl methyl sites for hydroxylation is 1. The number of nitrogens with one attached hydrogen (secondary N) is 1. The molecule has 2 aromatic rings. The van der Waals surface area contributed by atoms with Crippen LogP contribution in [0.2, 0.25) is 0 Å². The summed E-state index contributed by atoms with van der Waals surface area (Å²) in [5, 5.41) is 23.2. The molecule has 0 bridgehead atoms. The Morgan fingerprint density at radius 3 is 2.95 bits per heavy atom. The van der Waals surface area contributed by atoms with Crippen LogP contribution >= 0.6 is 23.1 Å². The lowest BCUT2D eigenvalue weighted by molar-refractivity contribution is -0.385. The quantitative estimate of drug-likeness (QED) is 0.669. The molecular weight excluding hydrogens is 286 g/mol. The van der Waals surface area contributed by atoms with Crippen LogP contribution < -0.4 is 5.32 Å². The van der Waals surface area contributed by atoms with Gasteiger partial charge in [-0.1, -0.05) is 11.3 Å². The van der Waals surface area contributed by atoms with Crippen LogP contribution in [0.25, 0.3) is 0 Å². The van der Waals surface area contributed by atoms with E-state index in [1.807, 2.05) is 6.92 Å². The second kappa shape index (κ2) is 5.93. The van der Waals surface area contributed by atoms with Gasteiger partial charge in [-0.25, -0.2) is 4.98 Å². The van der Waals surface area contributed by atoms with E-state index in [4.69, 9.17) is 0 Å². The van der Waals surface area contributed by atoms with E-state index in [1.54, 1.807) is 6.92 Å². The first-order chi connectivity index (χ1) is 9.10. The molecule has 0 unspecified atom stereocenters. The Bertz CT molecular complexity index is 601. The monoisotopic (exact) mass is 297 g/mol. The van der Waals surface area contributed by atoms with Crippen molar-refractivity contribution in [1.82, 2.24) is 15.2 Å². The standard InChI is InChI=1S/C10H11N5O2S2/c1-3-11-9-13-14-10(19-9)18-8-6(2)4-7(5-12-8)15(16)17/h4-5H,3H2,1-2H3,(H,11,13). The molecule has 0 atom stereocenters. The van der Waals surface area contributed by atoms with E-state index in [-0.39, 0.29) is 5.69 Å². The van der Waals surface area contributed by atoms with Crippen LogP contribution in [0.1, 0.15) is 12.5 Å². The number of nitrogens with zero attached hydrogens (tertiary/aromatic N) is 4. The average Bonchev–Trinajstić information content (AvgIpc) is 2.79. The van der Waals surface area contributed by atoms with E-state index in [0.29, 0.717) is 5.03 Å². The number of rotatable bonds is 5. The summed E-state index contributed by atoms with van der Waals surface area (Å²) < 4.78 is 0.750. The zero-order valence-electron chi connectivity index (χ0n) is 10.3. The smallest absolute Gasteiger partial charge is 0.287 e. The Balaban J connectivity index is 2.16. The van der Waals surface area contributed by atoms with Crippen molar-refractivity contribution in [3.8, 4) is 0 Å². The maximum Gasteiger partial charge on any atom is 0.287 e. The van der Waals surface area contributed by atoms with Gasteiger partial charge in [0.05, 0.1) is 4.92 Å². The number of hydrogen-bond acceptors (Lipinski definition) is 8. The van der Waals surface area contributed by atoms with Crippen LogP contribution in [0, 0.1) is 17.0 Å². The van der Waals surface area contributed by atoms with E-state index < -0.39 is 4.92 Å². The van der Waals surface area contributed by atoms with Crippen LogP contribution in [0.4, 0.5) is 10.8 Å². The molecular formula is C10H11N5O2S2. The molecule has 2 rings (SSSR count).